The Morgan fingerprint density at radius 3 is 2.50 bits per heavy atom. The smallest absolute Gasteiger partial charge is 0.0511 e. The molecule has 61 valence electrons. The van der Waals surface area contributed by atoms with Crippen LogP contribution in [0.25, 0.3) is 10.4 Å². The topological polar surface area (TPSA) is 48.8 Å². The SMILES string of the molecule is [N-]=[N+]=NCc1cc(Cl)[c]c(Cl)c1. The molecule has 0 unspecified atom stereocenters. The molecule has 0 atom stereocenters. The van der Waals surface area contributed by atoms with Gasteiger partial charge in [0.15, 0.2) is 0 Å². The molecule has 1 rings (SSSR count). The molecule has 0 spiro atoms. The largest absolute Gasteiger partial charge is 0.0893 e. The van der Waals surface area contributed by atoms with Crippen molar-refractivity contribution >= 4 is 23.2 Å². The van der Waals surface area contributed by atoms with Gasteiger partial charge in [-0.25, -0.2) is 0 Å². The normalized spacial score (nSPS) is 9.17. The number of rotatable bonds is 2. The van der Waals surface area contributed by atoms with Crippen molar-refractivity contribution in [3.63, 3.8) is 0 Å². The van der Waals surface area contributed by atoms with E-state index in [1.165, 1.54) is 0 Å². The molecule has 3 nitrogen and oxygen atoms in total. The molecule has 0 fully saturated rings. The lowest BCUT2D eigenvalue weighted by atomic mass is 10.2. The van der Waals surface area contributed by atoms with Crippen LogP contribution in [0, 0.1) is 6.07 Å². The van der Waals surface area contributed by atoms with Crippen LogP contribution in [0.2, 0.25) is 10.0 Å². The zero-order chi connectivity index (χ0) is 8.97. The van der Waals surface area contributed by atoms with Gasteiger partial charge in [-0.3, -0.25) is 0 Å². The molecule has 1 aromatic rings. The van der Waals surface area contributed by atoms with E-state index in [9.17, 15) is 0 Å². The van der Waals surface area contributed by atoms with E-state index in [1.807, 2.05) is 0 Å². The van der Waals surface area contributed by atoms with Gasteiger partial charge in [-0.2, -0.15) is 0 Å². The van der Waals surface area contributed by atoms with E-state index < -0.39 is 0 Å². The van der Waals surface area contributed by atoms with Crippen molar-refractivity contribution in [3.05, 3.63) is 44.3 Å². The van der Waals surface area contributed by atoms with Crippen LogP contribution in [0.15, 0.2) is 17.2 Å². The van der Waals surface area contributed by atoms with Gasteiger partial charge in [-0.1, -0.05) is 28.3 Å². The monoisotopic (exact) mass is 200 g/mol. The van der Waals surface area contributed by atoms with Gasteiger partial charge >= 0.3 is 0 Å². The van der Waals surface area contributed by atoms with Gasteiger partial charge in [-0.05, 0) is 23.2 Å². The Bertz CT molecular complexity index is 311. The third-order valence-electron chi connectivity index (χ3n) is 1.18. The average molecular weight is 201 g/mol. The van der Waals surface area contributed by atoms with Crippen molar-refractivity contribution in [3.8, 4) is 0 Å². The molecule has 12 heavy (non-hydrogen) atoms. The summed E-state index contributed by atoms with van der Waals surface area (Å²) in [6.45, 7) is 0.255. The first-order valence-corrected chi connectivity index (χ1v) is 3.86. The van der Waals surface area contributed by atoms with Crippen LogP contribution in [-0.4, -0.2) is 0 Å². The van der Waals surface area contributed by atoms with Gasteiger partial charge in [-0.15, -0.1) is 0 Å². The summed E-state index contributed by atoms with van der Waals surface area (Å²) < 4.78 is 0. The zero-order valence-electron chi connectivity index (χ0n) is 5.96. The summed E-state index contributed by atoms with van der Waals surface area (Å²) in [7, 11) is 0. The van der Waals surface area contributed by atoms with Crippen LogP contribution in [0.4, 0.5) is 0 Å². The van der Waals surface area contributed by atoms with Crippen molar-refractivity contribution < 1.29 is 0 Å². The molecular weight excluding hydrogens is 197 g/mol. The van der Waals surface area contributed by atoms with Crippen LogP contribution in [0.3, 0.4) is 0 Å². The van der Waals surface area contributed by atoms with Crippen molar-refractivity contribution in [2.45, 2.75) is 6.54 Å². The van der Waals surface area contributed by atoms with Crippen LogP contribution in [-0.2, 0) is 6.54 Å². The van der Waals surface area contributed by atoms with Crippen LogP contribution < -0.4 is 0 Å². The highest BCUT2D eigenvalue weighted by atomic mass is 35.5. The Kier molecular flexibility index (Phi) is 3.23. The van der Waals surface area contributed by atoms with E-state index >= 15 is 0 Å². The molecule has 5 heteroatoms. The summed E-state index contributed by atoms with van der Waals surface area (Å²) in [5, 5.41) is 4.22. The number of hydrogen-bond acceptors (Lipinski definition) is 1. The Hall–Kier alpha value is -0.890. The van der Waals surface area contributed by atoms with Gasteiger partial charge in [0, 0.05) is 11.0 Å². The number of benzene rings is 1. The van der Waals surface area contributed by atoms with E-state index in [1.54, 1.807) is 12.1 Å². The highest BCUT2D eigenvalue weighted by Crippen LogP contribution is 2.18. The highest BCUT2D eigenvalue weighted by molar-refractivity contribution is 6.34. The Morgan fingerprint density at radius 2 is 2.00 bits per heavy atom. The fourth-order valence-corrected chi connectivity index (χ4v) is 1.29. The minimum Gasteiger partial charge on any atom is -0.0893 e. The summed E-state index contributed by atoms with van der Waals surface area (Å²) >= 11 is 11.3. The molecule has 1 radical (unpaired) electrons. The molecule has 0 amide bonds. The van der Waals surface area contributed by atoms with E-state index in [0.717, 1.165) is 5.56 Å². The van der Waals surface area contributed by atoms with Crippen molar-refractivity contribution in [2.75, 3.05) is 0 Å². The highest BCUT2D eigenvalue weighted by Gasteiger charge is 1.96. The maximum Gasteiger partial charge on any atom is 0.0511 e. The number of hydrogen-bond donors (Lipinski definition) is 0. The zero-order valence-corrected chi connectivity index (χ0v) is 7.47. The standard InChI is InChI=1S/C7H4Cl2N3/c8-6-1-5(4-11-12-10)2-7(9)3-6/h1-2H,4H2. The van der Waals surface area contributed by atoms with Crippen molar-refractivity contribution in [1.29, 1.82) is 0 Å². The molecule has 0 aromatic heterocycles. The third-order valence-corrected chi connectivity index (χ3v) is 1.59. The van der Waals surface area contributed by atoms with Crippen LogP contribution in [0.5, 0.6) is 0 Å². The Balaban J connectivity index is 2.92. The van der Waals surface area contributed by atoms with E-state index in [4.69, 9.17) is 28.7 Å². The van der Waals surface area contributed by atoms with E-state index in [-0.39, 0.29) is 6.54 Å². The summed E-state index contributed by atoms with van der Waals surface area (Å²) in [6.07, 6.45) is 0. The van der Waals surface area contributed by atoms with Crippen molar-refractivity contribution in [1.82, 2.24) is 0 Å². The lowest BCUT2D eigenvalue weighted by molar-refractivity contribution is 1.05. The summed E-state index contributed by atoms with van der Waals surface area (Å²) in [5.41, 5.74) is 8.83. The third kappa shape index (κ3) is 2.62. The summed E-state index contributed by atoms with van der Waals surface area (Å²) in [5.74, 6) is 0. The number of azide groups is 1. The molecule has 0 aliphatic heterocycles. The summed E-state index contributed by atoms with van der Waals surface area (Å²) in [6, 6.07) is 5.99. The fraction of sp³-hybridized carbons (Fsp3) is 0.143. The number of halogens is 2. The van der Waals surface area contributed by atoms with Gasteiger partial charge in [0.05, 0.1) is 16.6 Å². The summed E-state index contributed by atoms with van der Waals surface area (Å²) in [4.78, 5) is 2.62. The second kappa shape index (κ2) is 4.21. The van der Waals surface area contributed by atoms with Gasteiger partial charge in [0.25, 0.3) is 0 Å². The molecule has 0 aliphatic rings. The molecule has 0 saturated carbocycles. The minimum absolute atomic E-state index is 0.255. The van der Waals surface area contributed by atoms with E-state index in [2.05, 4.69) is 16.1 Å². The maximum absolute atomic E-state index is 8.05. The molecule has 0 aliphatic carbocycles. The minimum atomic E-state index is 0.255. The maximum atomic E-state index is 8.05. The lowest BCUT2D eigenvalue weighted by Gasteiger charge is -1.96. The first kappa shape index (κ1) is 9.20. The Morgan fingerprint density at radius 1 is 1.42 bits per heavy atom. The molecule has 0 N–H and O–H groups in total. The van der Waals surface area contributed by atoms with E-state index in [0.29, 0.717) is 10.0 Å². The first-order chi connectivity index (χ1) is 5.72. The number of nitrogens with zero attached hydrogens (tertiary/aromatic N) is 3. The molecule has 0 saturated heterocycles. The molecule has 0 heterocycles. The van der Waals surface area contributed by atoms with Gasteiger partial charge < -0.3 is 0 Å². The van der Waals surface area contributed by atoms with Crippen LogP contribution >= 0.6 is 23.2 Å². The Labute approximate surface area is 79.5 Å². The molecule has 1 aromatic carbocycles. The predicted octanol–water partition coefficient (Wildman–Crippen LogP) is 3.60. The first-order valence-electron chi connectivity index (χ1n) is 3.10. The molecular formula is C7H4Cl2N3. The fourth-order valence-electron chi connectivity index (χ4n) is 0.758. The second-order valence-corrected chi connectivity index (χ2v) is 2.89. The molecule has 0 bridgehead atoms. The van der Waals surface area contributed by atoms with Gasteiger partial charge in [0.2, 0.25) is 0 Å². The van der Waals surface area contributed by atoms with Crippen molar-refractivity contribution in [2.24, 2.45) is 5.11 Å². The predicted molar refractivity (Wildman–Crippen MR) is 48.1 cm³/mol. The van der Waals surface area contributed by atoms with Crippen LogP contribution in [0.1, 0.15) is 5.56 Å². The van der Waals surface area contributed by atoms with Gasteiger partial charge in [0.1, 0.15) is 0 Å². The average Bonchev–Trinajstić information content (AvgIpc) is 1.99. The second-order valence-electron chi connectivity index (χ2n) is 2.07. The lowest BCUT2D eigenvalue weighted by Crippen LogP contribution is -1.80. The quantitative estimate of drug-likeness (QED) is 0.398.